The van der Waals surface area contributed by atoms with Crippen molar-refractivity contribution in [2.75, 3.05) is 30.4 Å². The van der Waals surface area contributed by atoms with Gasteiger partial charge in [0.15, 0.2) is 9.84 Å². The smallest absolute Gasteiger partial charge is 0.264 e. The summed E-state index contributed by atoms with van der Waals surface area (Å²) in [4.78, 5) is 25.4. The molecule has 1 saturated carbocycles. The van der Waals surface area contributed by atoms with Crippen molar-refractivity contribution in [2.24, 2.45) is 5.92 Å². The first-order valence-corrected chi connectivity index (χ1v) is 12.9. The van der Waals surface area contributed by atoms with Crippen LogP contribution in [-0.4, -0.2) is 60.3 Å². The number of carbonyl (C=O) groups is 1. The van der Waals surface area contributed by atoms with Crippen molar-refractivity contribution in [1.29, 1.82) is 0 Å². The largest absolute Gasteiger partial charge is 0.369 e. The molecule has 2 aliphatic rings. The lowest BCUT2D eigenvalue weighted by atomic mass is 9.94. The molecule has 3 heterocycles. The zero-order valence-corrected chi connectivity index (χ0v) is 18.6. The number of aryl methyl sites for hydroxylation is 1. The summed E-state index contributed by atoms with van der Waals surface area (Å²) in [6, 6.07) is 0.314. The molecule has 29 heavy (non-hydrogen) atoms. The Balaban J connectivity index is 1.55. The number of amides is 1. The number of hydrogen-bond donors (Lipinski definition) is 1. The van der Waals surface area contributed by atoms with E-state index in [2.05, 4.69) is 15.3 Å². The predicted molar refractivity (Wildman–Crippen MR) is 116 cm³/mol. The van der Waals surface area contributed by atoms with Gasteiger partial charge in [-0.3, -0.25) is 4.79 Å². The summed E-state index contributed by atoms with van der Waals surface area (Å²) < 4.78 is 23.4. The van der Waals surface area contributed by atoms with Crippen molar-refractivity contribution in [3.8, 4) is 0 Å². The van der Waals surface area contributed by atoms with Crippen LogP contribution >= 0.6 is 11.3 Å². The van der Waals surface area contributed by atoms with Crippen molar-refractivity contribution >= 4 is 43.1 Å². The van der Waals surface area contributed by atoms with Gasteiger partial charge in [0.2, 0.25) is 0 Å². The van der Waals surface area contributed by atoms with Crippen molar-refractivity contribution in [1.82, 2.24) is 14.9 Å². The van der Waals surface area contributed by atoms with E-state index >= 15 is 0 Å². The summed E-state index contributed by atoms with van der Waals surface area (Å²) in [6.07, 6.45) is 7.96. The van der Waals surface area contributed by atoms with Crippen LogP contribution in [0.15, 0.2) is 6.33 Å². The molecule has 1 aliphatic carbocycles. The Morgan fingerprint density at radius 1 is 1.24 bits per heavy atom. The second-order valence-electron chi connectivity index (χ2n) is 8.32. The van der Waals surface area contributed by atoms with Gasteiger partial charge < -0.3 is 10.2 Å². The van der Waals surface area contributed by atoms with E-state index in [1.54, 1.807) is 0 Å². The maximum Gasteiger partial charge on any atom is 0.264 e. The maximum atomic E-state index is 13.2. The lowest BCUT2D eigenvalue weighted by Crippen LogP contribution is -2.38. The zero-order valence-electron chi connectivity index (χ0n) is 17.0. The fourth-order valence-corrected chi connectivity index (χ4v) is 7.47. The van der Waals surface area contributed by atoms with Gasteiger partial charge in [0, 0.05) is 19.6 Å². The maximum absolute atomic E-state index is 13.2. The van der Waals surface area contributed by atoms with Gasteiger partial charge in [-0.1, -0.05) is 19.3 Å². The van der Waals surface area contributed by atoms with E-state index < -0.39 is 9.84 Å². The standard InChI is InChI=1S/C20H28N4O3S2/c1-13-16-18(21-10-14-8-9-29(26,27)11-14)22-12-23-19(16)28-17(13)20(25)24(2)15-6-4-3-5-7-15/h12,14-15H,3-11H2,1-2H3,(H,21,22,23). The van der Waals surface area contributed by atoms with Gasteiger partial charge >= 0.3 is 0 Å². The van der Waals surface area contributed by atoms with Crippen LogP contribution in [0, 0.1) is 12.8 Å². The molecule has 7 nitrogen and oxygen atoms in total. The van der Waals surface area contributed by atoms with E-state index in [0.29, 0.717) is 24.8 Å². The summed E-state index contributed by atoms with van der Waals surface area (Å²) in [5, 5.41) is 4.19. The Bertz CT molecular complexity index is 1010. The Morgan fingerprint density at radius 2 is 2.00 bits per heavy atom. The third kappa shape index (κ3) is 4.26. The molecule has 1 unspecified atom stereocenters. The highest BCUT2D eigenvalue weighted by Gasteiger charge is 2.29. The molecular weight excluding hydrogens is 408 g/mol. The molecule has 1 aliphatic heterocycles. The first kappa shape index (κ1) is 20.5. The first-order valence-electron chi connectivity index (χ1n) is 10.3. The predicted octanol–water partition coefficient (Wildman–Crippen LogP) is 3.25. The third-order valence-corrected chi connectivity index (χ3v) is 9.27. The fraction of sp³-hybridized carbons (Fsp3) is 0.650. The van der Waals surface area contributed by atoms with Crippen LogP contribution in [0.2, 0.25) is 0 Å². The number of aromatic nitrogens is 2. The summed E-state index contributed by atoms with van der Waals surface area (Å²) in [5.74, 6) is 1.34. The quantitative estimate of drug-likeness (QED) is 0.773. The van der Waals surface area contributed by atoms with E-state index in [1.807, 2.05) is 18.9 Å². The molecule has 1 atom stereocenters. The van der Waals surface area contributed by atoms with Gasteiger partial charge in [-0.05, 0) is 37.7 Å². The molecule has 2 aromatic rings. The number of fused-ring (bicyclic) bond motifs is 1. The molecule has 1 saturated heterocycles. The highest BCUT2D eigenvalue weighted by Crippen LogP contribution is 2.35. The Labute approximate surface area is 175 Å². The highest BCUT2D eigenvalue weighted by atomic mass is 32.2. The number of carbonyl (C=O) groups excluding carboxylic acids is 1. The van der Waals surface area contributed by atoms with Crippen LogP contribution in [0.1, 0.15) is 53.8 Å². The van der Waals surface area contributed by atoms with Gasteiger partial charge in [-0.15, -0.1) is 11.3 Å². The normalized spacial score (nSPS) is 22.1. The Morgan fingerprint density at radius 3 is 2.69 bits per heavy atom. The number of sulfone groups is 1. The van der Waals surface area contributed by atoms with E-state index in [1.165, 1.54) is 36.9 Å². The van der Waals surface area contributed by atoms with E-state index in [0.717, 1.165) is 33.5 Å². The van der Waals surface area contributed by atoms with Crippen LogP contribution in [0.3, 0.4) is 0 Å². The topological polar surface area (TPSA) is 92.3 Å². The zero-order chi connectivity index (χ0) is 20.6. The number of hydrogen-bond acceptors (Lipinski definition) is 7. The molecule has 0 bridgehead atoms. The number of rotatable bonds is 5. The summed E-state index contributed by atoms with van der Waals surface area (Å²) >= 11 is 1.42. The minimum atomic E-state index is -2.90. The Kier molecular flexibility index (Phi) is 5.79. The second kappa shape index (κ2) is 8.18. The molecule has 1 amide bonds. The average Bonchev–Trinajstić information content (AvgIpc) is 3.25. The molecular formula is C20H28N4O3S2. The minimum absolute atomic E-state index is 0.0604. The van der Waals surface area contributed by atoms with Crippen LogP contribution in [-0.2, 0) is 9.84 Å². The number of thiophene rings is 1. The molecule has 0 aromatic carbocycles. The summed E-state index contributed by atoms with van der Waals surface area (Å²) in [6.45, 7) is 2.52. The highest BCUT2D eigenvalue weighted by molar-refractivity contribution is 7.91. The molecule has 2 fully saturated rings. The van der Waals surface area contributed by atoms with Gasteiger partial charge in [0.05, 0.1) is 21.8 Å². The molecule has 4 rings (SSSR count). The van der Waals surface area contributed by atoms with Crippen LogP contribution < -0.4 is 5.32 Å². The van der Waals surface area contributed by atoms with E-state index in [-0.39, 0.29) is 23.3 Å². The van der Waals surface area contributed by atoms with Crippen molar-refractivity contribution in [3.63, 3.8) is 0 Å². The van der Waals surface area contributed by atoms with Crippen LogP contribution in [0.4, 0.5) is 5.82 Å². The molecule has 1 N–H and O–H groups in total. The van der Waals surface area contributed by atoms with Crippen LogP contribution in [0.5, 0.6) is 0 Å². The fourth-order valence-electron chi connectivity index (χ4n) is 4.48. The summed E-state index contributed by atoms with van der Waals surface area (Å²) in [7, 11) is -0.989. The van der Waals surface area contributed by atoms with Crippen LogP contribution in [0.25, 0.3) is 10.2 Å². The van der Waals surface area contributed by atoms with Crippen molar-refractivity contribution in [2.45, 2.75) is 51.5 Å². The molecule has 2 aromatic heterocycles. The van der Waals surface area contributed by atoms with Gasteiger partial charge in [0.1, 0.15) is 17.0 Å². The lowest BCUT2D eigenvalue weighted by molar-refractivity contribution is 0.0700. The SMILES string of the molecule is Cc1c(C(=O)N(C)C2CCCCC2)sc2ncnc(NCC3CCS(=O)(=O)C3)c12. The molecule has 0 radical (unpaired) electrons. The van der Waals surface area contributed by atoms with E-state index in [4.69, 9.17) is 0 Å². The van der Waals surface area contributed by atoms with Crippen molar-refractivity contribution < 1.29 is 13.2 Å². The van der Waals surface area contributed by atoms with Gasteiger partial charge in [-0.25, -0.2) is 18.4 Å². The Hall–Kier alpha value is -1.74. The van der Waals surface area contributed by atoms with Gasteiger partial charge in [0.25, 0.3) is 5.91 Å². The first-order chi connectivity index (χ1) is 13.9. The number of nitrogens with one attached hydrogen (secondary N) is 1. The van der Waals surface area contributed by atoms with Gasteiger partial charge in [-0.2, -0.15) is 0 Å². The molecule has 158 valence electrons. The second-order valence-corrected chi connectivity index (χ2v) is 11.5. The lowest BCUT2D eigenvalue weighted by Gasteiger charge is -2.31. The number of anilines is 1. The minimum Gasteiger partial charge on any atom is -0.369 e. The monoisotopic (exact) mass is 436 g/mol. The third-order valence-electron chi connectivity index (χ3n) is 6.25. The average molecular weight is 437 g/mol. The number of nitrogens with zero attached hydrogens (tertiary/aromatic N) is 3. The molecule has 9 heteroatoms. The molecule has 0 spiro atoms. The van der Waals surface area contributed by atoms with Crippen molar-refractivity contribution in [3.05, 3.63) is 16.8 Å². The van der Waals surface area contributed by atoms with E-state index in [9.17, 15) is 13.2 Å². The summed E-state index contributed by atoms with van der Waals surface area (Å²) in [5.41, 5.74) is 0.903.